The number of esters is 1. The first-order valence-electron chi connectivity index (χ1n) is 12.4. The van der Waals surface area contributed by atoms with Gasteiger partial charge < -0.3 is 19.6 Å². The van der Waals surface area contributed by atoms with E-state index in [0.717, 1.165) is 6.42 Å². The Bertz CT molecular complexity index is 1050. The number of ether oxygens (including phenoxy) is 1. The fourth-order valence-electron chi connectivity index (χ4n) is 6.14. The molecule has 9 heteroatoms. The van der Waals surface area contributed by atoms with Gasteiger partial charge in [0.25, 0.3) is 5.91 Å². The Morgan fingerprint density at radius 3 is 2.75 bits per heavy atom. The zero-order chi connectivity index (χ0) is 26.0. The highest BCUT2D eigenvalue weighted by Gasteiger charge is 2.76. The Hall–Kier alpha value is -2.29. The summed E-state index contributed by atoms with van der Waals surface area (Å²) >= 11 is 8.07. The number of nitrogens with zero attached hydrogens (tertiary/aromatic N) is 2. The van der Waals surface area contributed by atoms with Crippen molar-refractivity contribution in [1.82, 2.24) is 4.90 Å². The van der Waals surface area contributed by atoms with Gasteiger partial charge in [-0.15, -0.1) is 24.9 Å². The molecule has 3 saturated heterocycles. The quantitative estimate of drug-likeness (QED) is 0.266. The maximum Gasteiger partial charge on any atom is 0.310 e. The monoisotopic (exact) mass is 532 g/mol. The van der Waals surface area contributed by atoms with Crippen molar-refractivity contribution in [2.45, 2.75) is 42.2 Å². The fourth-order valence-corrected chi connectivity index (χ4v) is 8.78. The van der Waals surface area contributed by atoms with E-state index in [9.17, 15) is 19.5 Å². The Labute approximate surface area is 221 Å². The van der Waals surface area contributed by atoms with E-state index in [4.69, 9.17) is 16.3 Å². The second-order valence-corrected chi connectivity index (χ2v) is 11.6. The maximum absolute atomic E-state index is 14.4. The van der Waals surface area contributed by atoms with E-state index in [-0.39, 0.29) is 55.3 Å². The molecule has 7 nitrogen and oxygen atoms in total. The first kappa shape index (κ1) is 26.8. The van der Waals surface area contributed by atoms with Gasteiger partial charge in [0, 0.05) is 24.9 Å². The van der Waals surface area contributed by atoms with Gasteiger partial charge in [0.15, 0.2) is 0 Å². The van der Waals surface area contributed by atoms with Crippen LogP contribution in [0.15, 0.2) is 49.6 Å². The van der Waals surface area contributed by atoms with Crippen molar-refractivity contribution in [2.75, 3.05) is 31.2 Å². The molecule has 36 heavy (non-hydrogen) atoms. The maximum atomic E-state index is 14.4. The fraction of sp³-hybridized carbons (Fsp3) is 0.519. The average molecular weight is 533 g/mol. The Balaban J connectivity index is 1.76. The topological polar surface area (TPSA) is 87.2 Å². The highest BCUT2D eigenvalue weighted by Crippen LogP contribution is 2.68. The molecule has 0 radical (unpaired) electrons. The van der Waals surface area contributed by atoms with Crippen molar-refractivity contribution in [3.8, 4) is 0 Å². The molecule has 2 bridgehead atoms. The van der Waals surface area contributed by atoms with E-state index in [1.807, 2.05) is 6.07 Å². The van der Waals surface area contributed by atoms with E-state index >= 15 is 0 Å². The number of amides is 2. The number of hydrogen-bond acceptors (Lipinski definition) is 6. The zero-order valence-electron chi connectivity index (χ0n) is 20.5. The number of benzene rings is 1. The number of fused-ring (bicyclic) bond motifs is 1. The molecule has 1 N–H and O–H groups in total. The molecule has 0 aromatic heterocycles. The lowest BCUT2D eigenvalue weighted by Gasteiger charge is -2.40. The van der Waals surface area contributed by atoms with E-state index in [1.165, 1.54) is 0 Å². The van der Waals surface area contributed by atoms with Crippen molar-refractivity contribution in [3.05, 3.63) is 54.6 Å². The summed E-state index contributed by atoms with van der Waals surface area (Å²) in [5.41, 5.74) is 0.545. The van der Waals surface area contributed by atoms with Crippen LogP contribution in [0.3, 0.4) is 0 Å². The molecular formula is C27H33ClN2O5S. The number of halogens is 1. The Kier molecular flexibility index (Phi) is 8.17. The largest absolute Gasteiger partial charge is 0.465 e. The molecule has 1 aromatic carbocycles. The molecule has 0 saturated carbocycles. The number of carbonyl (C=O) groups excluding carboxylic acids is 3. The SMILES string of the molecule is C=CCCOC(=O)[C@@H]1[C@@H]2CC(C)C3(S2)C(C(=O)N(CC=C)c2ccccc2Cl)N(CCCO)C(=O)[C@H]13. The number of carbonyl (C=O) groups is 3. The predicted octanol–water partition coefficient (Wildman–Crippen LogP) is 3.70. The van der Waals surface area contributed by atoms with Crippen LogP contribution in [0.1, 0.15) is 26.2 Å². The van der Waals surface area contributed by atoms with E-state index < -0.39 is 22.6 Å². The lowest BCUT2D eigenvalue weighted by molar-refractivity contribution is -0.154. The van der Waals surface area contributed by atoms with Crippen molar-refractivity contribution in [2.24, 2.45) is 17.8 Å². The van der Waals surface area contributed by atoms with Crippen molar-refractivity contribution in [1.29, 1.82) is 0 Å². The standard InChI is InChI=1S/C27H33ClN2O5S/c1-4-6-15-35-26(34)21-20-16-17(3)27(36-20)22(21)24(32)30(13-9-14-31)23(27)25(33)29(12-5-2)19-11-8-7-10-18(19)28/h4-5,7-8,10-11,17,20-23,31H,1-2,6,9,12-16H2,3H3/t17?,20-,21+,22-,23?,27?/m0/s1. The van der Waals surface area contributed by atoms with Gasteiger partial charge >= 0.3 is 5.97 Å². The summed E-state index contributed by atoms with van der Waals surface area (Å²) in [7, 11) is 0. The second-order valence-electron chi connectivity index (χ2n) is 9.60. The summed E-state index contributed by atoms with van der Waals surface area (Å²) in [6.07, 6.45) is 4.91. The first-order chi connectivity index (χ1) is 17.3. The van der Waals surface area contributed by atoms with Gasteiger partial charge in [-0.05, 0) is 37.3 Å². The molecule has 194 valence electrons. The number of anilines is 1. The summed E-state index contributed by atoms with van der Waals surface area (Å²) in [6, 6.07) is 6.30. The van der Waals surface area contributed by atoms with E-state index in [1.54, 1.807) is 51.9 Å². The van der Waals surface area contributed by atoms with E-state index in [0.29, 0.717) is 23.6 Å². The number of aliphatic hydroxyl groups is 1. The summed E-state index contributed by atoms with van der Waals surface area (Å²) in [5.74, 6) is -2.08. The summed E-state index contributed by atoms with van der Waals surface area (Å²) in [4.78, 5) is 44.7. The number of likely N-dealkylation sites (tertiary alicyclic amines) is 1. The predicted molar refractivity (Wildman–Crippen MR) is 142 cm³/mol. The molecule has 1 aromatic rings. The molecule has 3 unspecified atom stereocenters. The van der Waals surface area contributed by atoms with Crippen molar-refractivity contribution in [3.63, 3.8) is 0 Å². The highest BCUT2D eigenvalue weighted by molar-refractivity contribution is 8.02. The van der Waals surface area contributed by atoms with Gasteiger partial charge in [-0.2, -0.15) is 0 Å². The summed E-state index contributed by atoms with van der Waals surface area (Å²) in [5, 5.41) is 9.87. The third kappa shape index (κ3) is 4.27. The minimum Gasteiger partial charge on any atom is -0.465 e. The Morgan fingerprint density at radius 2 is 2.08 bits per heavy atom. The van der Waals surface area contributed by atoms with Crippen LogP contribution in [0.2, 0.25) is 5.02 Å². The van der Waals surface area contributed by atoms with Crippen LogP contribution in [0, 0.1) is 17.8 Å². The van der Waals surface area contributed by atoms with Crippen LogP contribution in [0.5, 0.6) is 0 Å². The van der Waals surface area contributed by atoms with Crippen molar-refractivity contribution >= 4 is 46.8 Å². The number of para-hydroxylation sites is 1. The lowest BCUT2D eigenvalue weighted by Crippen LogP contribution is -2.57. The van der Waals surface area contributed by atoms with Gasteiger partial charge in [-0.3, -0.25) is 14.4 Å². The van der Waals surface area contributed by atoms with Crippen molar-refractivity contribution < 1.29 is 24.2 Å². The van der Waals surface area contributed by atoms with E-state index in [2.05, 4.69) is 20.1 Å². The zero-order valence-corrected chi connectivity index (χ0v) is 22.0. The van der Waals surface area contributed by atoms with Gasteiger partial charge in [0.1, 0.15) is 6.04 Å². The molecule has 4 rings (SSSR count). The second kappa shape index (κ2) is 11.0. The number of rotatable bonds is 11. The molecule has 6 atom stereocenters. The van der Waals surface area contributed by atoms with Crippen LogP contribution in [0.25, 0.3) is 0 Å². The minimum absolute atomic E-state index is 0.0311. The molecule has 3 fully saturated rings. The molecule has 3 aliphatic heterocycles. The third-order valence-corrected chi connectivity index (χ3v) is 9.99. The molecule has 0 aliphatic carbocycles. The molecule has 3 aliphatic rings. The molecule has 1 spiro atoms. The summed E-state index contributed by atoms with van der Waals surface area (Å²) in [6.45, 7) is 10.1. The molecule has 2 amide bonds. The number of thioether (sulfide) groups is 1. The van der Waals surface area contributed by atoms with Crippen LogP contribution < -0.4 is 4.90 Å². The highest BCUT2D eigenvalue weighted by atomic mass is 35.5. The third-order valence-electron chi connectivity index (χ3n) is 7.60. The molecular weight excluding hydrogens is 500 g/mol. The average Bonchev–Trinajstić information content (AvgIpc) is 3.45. The number of aliphatic hydroxyl groups excluding tert-OH is 1. The number of hydrogen-bond donors (Lipinski definition) is 1. The molecule has 3 heterocycles. The van der Waals surface area contributed by atoms with Crippen LogP contribution in [0.4, 0.5) is 5.69 Å². The van der Waals surface area contributed by atoms with Gasteiger partial charge in [0.05, 0.1) is 33.9 Å². The van der Waals surface area contributed by atoms with Crippen LogP contribution in [-0.2, 0) is 19.1 Å². The van der Waals surface area contributed by atoms with Gasteiger partial charge in [-0.25, -0.2) is 0 Å². The Morgan fingerprint density at radius 1 is 1.33 bits per heavy atom. The summed E-state index contributed by atoms with van der Waals surface area (Å²) < 4.78 is 4.76. The first-order valence-corrected chi connectivity index (χ1v) is 13.6. The van der Waals surface area contributed by atoms with Gasteiger partial charge in [-0.1, -0.05) is 42.8 Å². The minimum atomic E-state index is -0.797. The normalized spacial score (nSPS) is 30.2. The lowest BCUT2D eigenvalue weighted by atomic mass is 9.66. The van der Waals surface area contributed by atoms with Crippen LogP contribution >= 0.6 is 23.4 Å². The smallest absolute Gasteiger partial charge is 0.310 e. The van der Waals surface area contributed by atoms with Gasteiger partial charge in [0.2, 0.25) is 5.91 Å². The van der Waals surface area contributed by atoms with Crippen LogP contribution in [-0.4, -0.2) is 70.1 Å².